The Labute approximate surface area is 166 Å². The maximum Gasteiger partial charge on any atom is 0.221 e. The maximum atomic E-state index is 12.5. The molecule has 0 atom stereocenters. The Hall–Kier alpha value is -3.51. The summed E-state index contributed by atoms with van der Waals surface area (Å²) in [6.45, 7) is 0.299. The molecule has 0 heterocycles. The molecule has 1 amide bonds. The first-order chi connectivity index (χ1) is 13.8. The zero-order valence-electron chi connectivity index (χ0n) is 15.9. The van der Waals surface area contributed by atoms with Crippen molar-refractivity contribution in [3.8, 4) is 17.6 Å². The highest BCUT2D eigenvalue weighted by molar-refractivity contribution is 5.77. The minimum atomic E-state index is -0.0213. The molecule has 3 aromatic carbocycles. The van der Waals surface area contributed by atoms with Gasteiger partial charge in [0.25, 0.3) is 0 Å². The van der Waals surface area contributed by atoms with Gasteiger partial charge in [0, 0.05) is 12.3 Å². The van der Waals surface area contributed by atoms with Crippen LogP contribution in [0.4, 0.5) is 0 Å². The van der Waals surface area contributed by atoms with Crippen molar-refractivity contribution >= 4 is 5.91 Å². The number of carbonyl (C=O) groups excluding carboxylic acids is 1. The van der Waals surface area contributed by atoms with Crippen molar-refractivity contribution in [2.75, 3.05) is 13.7 Å². The summed E-state index contributed by atoms with van der Waals surface area (Å²) in [7, 11) is 1.62. The molecule has 0 unspecified atom stereocenters. The predicted molar refractivity (Wildman–Crippen MR) is 112 cm³/mol. The fraction of sp³-hybridized carbons (Fsp3) is 0.160. The molecule has 0 bridgehead atoms. The van der Waals surface area contributed by atoms with Gasteiger partial charge in [-0.1, -0.05) is 84.6 Å². The van der Waals surface area contributed by atoms with E-state index >= 15 is 0 Å². The zero-order valence-corrected chi connectivity index (χ0v) is 15.9. The number of hydrogen-bond acceptors (Lipinski definition) is 2. The van der Waals surface area contributed by atoms with E-state index < -0.39 is 0 Å². The Balaban J connectivity index is 1.64. The van der Waals surface area contributed by atoms with E-state index in [2.05, 4.69) is 41.4 Å². The lowest BCUT2D eigenvalue weighted by atomic mass is 9.88. The Morgan fingerprint density at radius 1 is 0.893 bits per heavy atom. The van der Waals surface area contributed by atoms with Crippen molar-refractivity contribution in [3.63, 3.8) is 0 Å². The van der Waals surface area contributed by atoms with Gasteiger partial charge in [-0.3, -0.25) is 4.79 Å². The van der Waals surface area contributed by atoms with Gasteiger partial charge >= 0.3 is 0 Å². The van der Waals surface area contributed by atoms with Gasteiger partial charge in [-0.25, -0.2) is 0 Å². The molecule has 0 spiro atoms. The summed E-state index contributed by atoms with van der Waals surface area (Å²) in [5.41, 5.74) is 3.07. The Bertz CT molecular complexity index is 916. The number of ether oxygens (including phenoxy) is 1. The summed E-state index contributed by atoms with van der Waals surface area (Å²) in [5, 5.41) is 2.91. The second-order valence-electron chi connectivity index (χ2n) is 6.36. The molecule has 3 nitrogen and oxygen atoms in total. The second-order valence-corrected chi connectivity index (χ2v) is 6.36. The monoisotopic (exact) mass is 369 g/mol. The molecule has 0 aromatic heterocycles. The first kappa shape index (κ1) is 19.3. The van der Waals surface area contributed by atoms with Crippen molar-refractivity contribution in [2.45, 2.75) is 12.3 Å². The van der Waals surface area contributed by atoms with E-state index in [4.69, 9.17) is 4.74 Å². The molecule has 0 radical (unpaired) electrons. The van der Waals surface area contributed by atoms with Gasteiger partial charge in [-0.2, -0.15) is 0 Å². The molecule has 3 heteroatoms. The molecular weight excluding hydrogens is 346 g/mol. The van der Waals surface area contributed by atoms with E-state index in [9.17, 15) is 4.79 Å². The van der Waals surface area contributed by atoms with Gasteiger partial charge in [-0.15, -0.1) is 0 Å². The number of para-hydroxylation sites is 1. The lowest BCUT2D eigenvalue weighted by Gasteiger charge is -2.17. The van der Waals surface area contributed by atoms with Crippen LogP contribution in [0.3, 0.4) is 0 Å². The molecule has 28 heavy (non-hydrogen) atoms. The third-order valence-electron chi connectivity index (χ3n) is 4.50. The Morgan fingerprint density at radius 3 is 2.07 bits per heavy atom. The van der Waals surface area contributed by atoms with Gasteiger partial charge in [0.15, 0.2) is 0 Å². The van der Waals surface area contributed by atoms with Crippen LogP contribution in [0.15, 0.2) is 84.9 Å². The quantitative estimate of drug-likeness (QED) is 0.655. The van der Waals surface area contributed by atoms with Crippen molar-refractivity contribution < 1.29 is 9.53 Å². The van der Waals surface area contributed by atoms with Crippen LogP contribution >= 0.6 is 0 Å². The van der Waals surface area contributed by atoms with Gasteiger partial charge in [-0.05, 0) is 23.3 Å². The number of hydrogen-bond donors (Lipinski definition) is 1. The molecule has 3 aromatic rings. The van der Waals surface area contributed by atoms with Crippen molar-refractivity contribution in [1.29, 1.82) is 0 Å². The third kappa shape index (κ3) is 5.25. The fourth-order valence-electron chi connectivity index (χ4n) is 3.09. The highest BCUT2D eigenvalue weighted by atomic mass is 16.5. The molecule has 0 saturated heterocycles. The Morgan fingerprint density at radius 2 is 1.46 bits per heavy atom. The van der Waals surface area contributed by atoms with E-state index in [0.29, 0.717) is 13.0 Å². The number of amides is 1. The van der Waals surface area contributed by atoms with Crippen molar-refractivity contribution in [3.05, 3.63) is 102 Å². The van der Waals surface area contributed by atoms with E-state index in [-0.39, 0.29) is 11.8 Å². The molecule has 0 fully saturated rings. The van der Waals surface area contributed by atoms with Crippen LogP contribution in [0.25, 0.3) is 0 Å². The fourth-order valence-corrected chi connectivity index (χ4v) is 3.09. The zero-order chi connectivity index (χ0) is 19.6. The van der Waals surface area contributed by atoms with Crippen LogP contribution in [0.2, 0.25) is 0 Å². The SMILES string of the molecule is COc1ccccc1C#CCNC(=O)CC(c1ccccc1)c1ccccc1. The lowest BCUT2D eigenvalue weighted by Crippen LogP contribution is -2.25. The standard InChI is InChI=1S/C25H23NO2/c1-28-24-17-9-8-15-22(24)16-10-18-26-25(27)19-23(20-11-4-2-5-12-20)21-13-6-3-7-14-21/h2-9,11-15,17,23H,18-19H2,1H3,(H,26,27). The minimum Gasteiger partial charge on any atom is -0.495 e. The maximum absolute atomic E-state index is 12.5. The average Bonchev–Trinajstić information content (AvgIpc) is 2.76. The summed E-state index contributed by atoms with van der Waals surface area (Å²) in [5.74, 6) is 6.77. The van der Waals surface area contributed by atoms with Crippen LogP contribution in [0.5, 0.6) is 5.75 Å². The summed E-state index contributed by atoms with van der Waals surface area (Å²) < 4.78 is 5.28. The van der Waals surface area contributed by atoms with Crippen LogP contribution in [0, 0.1) is 11.8 Å². The number of rotatable bonds is 6. The predicted octanol–water partition coefficient (Wildman–Crippen LogP) is 4.39. The summed E-state index contributed by atoms with van der Waals surface area (Å²) in [6.07, 6.45) is 0.379. The van der Waals surface area contributed by atoms with Gasteiger partial charge in [0.1, 0.15) is 5.75 Å². The third-order valence-corrected chi connectivity index (χ3v) is 4.50. The average molecular weight is 369 g/mol. The van der Waals surface area contributed by atoms with Crippen LogP contribution in [-0.4, -0.2) is 19.6 Å². The van der Waals surface area contributed by atoms with Crippen LogP contribution < -0.4 is 10.1 Å². The highest BCUT2D eigenvalue weighted by Gasteiger charge is 2.17. The number of methoxy groups -OCH3 is 1. The van der Waals surface area contributed by atoms with Crippen LogP contribution in [-0.2, 0) is 4.79 Å². The number of benzene rings is 3. The summed E-state index contributed by atoms with van der Waals surface area (Å²) in [6, 6.07) is 27.8. The number of nitrogens with one attached hydrogen (secondary N) is 1. The molecule has 0 aliphatic carbocycles. The molecule has 140 valence electrons. The molecule has 1 N–H and O–H groups in total. The first-order valence-electron chi connectivity index (χ1n) is 9.26. The van der Waals surface area contributed by atoms with E-state index in [1.54, 1.807) is 7.11 Å². The van der Waals surface area contributed by atoms with Crippen molar-refractivity contribution in [2.24, 2.45) is 0 Å². The van der Waals surface area contributed by atoms with E-state index in [1.165, 1.54) is 0 Å². The molecular formula is C25H23NO2. The largest absolute Gasteiger partial charge is 0.495 e. The summed E-state index contributed by atoms with van der Waals surface area (Å²) >= 11 is 0. The lowest BCUT2D eigenvalue weighted by molar-refractivity contribution is -0.121. The minimum absolute atomic E-state index is 0.0181. The van der Waals surface area contributed by atoms with Crippen molar-refractivity contribution in [1.82, 2.24) is 5.32 Å². The number of carbonyl (C=O) groups is 1. The highest BCUT2D eigenvalue weighted by Crippen LogP contribution is 2.27. The topological polar surface area (TPSA) is 38.3 Å². The Kier molecular flexibility index (Phi) is 6.87. The van der Waals surface area contributed by atoms with Gasteiger partial charge in [0.05, 0.1) is 19.2 Å². The molecule has 3 rings (SSSR count). The molecule has 0 aliphatic heterocycles. The first-order valence-corrected chi connectivity index (χ1v) is 9.26. The normalized spacial score (nSPS) is 10.1. The second kappa shape index (κ2) is 9.99. The van der Waals surface area contributed by atoms with E-state index in [0.717, 1.165) is 22.4 Å². The smallest absolute Gasteiger partial charge is 0.221 e. The van der Waals surface area contributed by atoms with Gasteiger partial charge in [0.2, 0.25) is 5.91 Å². The van der Waals surface area contributed by atoms with Crippen LogP contribution in [0.1, 0.15) is 29.0 Å². The summed E-state index contributed by atoms with van der Waals surface area (Å²) in [4.78, 5) is 12.5. The molecule has 0 aliphatic rings. The molecule has 0 saturated carbocycles. The van der Waals surface area contributed by atoms with Gasteiger partial charge < -0.3 is 10.1 Å². The van der Waals surface area contributed by atoms with E-state index in [1.807, 2.05) is 60.7 Å².